The maximum absolute atomic E-state index is 12.7. The molecule has 5 N–H and O–H groups in total. The van der Waals surface area contributed by atoms with Crippen molar-refractivity contribution in [3.8, 4) is 16.9 Å². The topological polar surface area (TPSA) is 113 Å². The summed E-state index contributed by atoms with van der Waals surface area (Å²) in [5, 5.41) is 21.7. The highest BCUT2D eigenvalue weighted by Crippen LogP contribution is 2.28. The number of nitrogens with one attached hydrogen (secondary N) is 1. The second kappa shape index (κ2) is 10.8. The van der Waals surface area contributed by atoms with Gasteiger partial charge in [-0.15, -0.1) is 0 Å². The minimum absolute atomic E-state index is 0.139. The normalized spacial score (nSPS) is 12.8. The zero-order valence-electron chi connectivity index (χ0n) is 18.9. The van der Waals surface area contributed by atoms with Crippen LogP contribution in [0.2, 0.25) is 0 Å². The average Bonchev–Trinajstić information content (AvgIpc) is 2.79. The van der Waals surface area contributed by atoms with Gasteiger partial charge in [0.1, 0.15) is 11.8 Å². The Hall–Kier alpha value is -3.64. The van der Waals surface area contributed by atoms with Crippen molar-refractivity contribution in [2.45, 2.75) is 32.2 Å². The predicted octanol–water partition coefficient (Wildman–Crippen LogP) is 4.18. The lowest BCUT2D eigenvalue weighted by Gasteiger charge is -2.22. The molecular formula is C27H30N2O4. The number of benzene rings is 3. The van der Waals surface area contributed by atoms with Crippen molar-refractivity contribution in [3.63, 3.8) is 0 Å². The predicted molar refractivity (Wildman–Crippen MR) is 129 cm³/mol. The van der Waals surface area contributed by atoms with E-state index in [4.69, 9.17) is 10.8 Å². The van der Waals surface area contributed by atoms with E-state index in [9.17, 15) is 14.7 Å². The van der Waals surface area contributed by atoms with Crippen molar-refractivity contribution < 1.29 is 19.8 Å². The molecule has 3 rings (SSSR count). The van der Waals surface area contributed by atoms with Crippen molar-refractivity contribution in [1.29, 1.82) is 0 Å². The van der Waals surface area contributed by atoms with Crippen LogP contribution in [0.3, 0.4) is 0 Å². The van der Waals surface area contributed by atoms with Gasteiger partial charge in [-0.05, 0) is 58.9 Å². The van der Waals surface area contributed by atoms with Gasteiger partial charge >= 0.3 is 5.97 Å². The van der Waals surface area contributed by atoms with E-state index in [0.717, 1.165) is 22.3 Å². The summed E-state index contributed by atoms with van der Waals surface area (Å²) in [6.07, 6.45) is 0.214. The van der Waals surface area contributed by atoms with Gasteiger partial charge < -0.3 is 21.3 Å². The second-order valence-corrected chi connectivity index (χ2v) is 8.58. The van der Waals surface area contributed by atoms with Gasteiger partial charge in [0.2, 0.25) is 0 Å². The minimum Gasteiger partial charge on any atom is -0.508 e. The van der Waals surface area contributed by atoms with Crippen LogP contribution in [0.1, 0.15) is 41.3 Å². The molecule has 3 aromatic carbocycles. The first-order chi connectivity index (χ1) is 15.7. The Morgan fingerprint density at radius 3 is 2.18 bits per heavy atom. The molecule has 0 aliphatic carbocycles. The lowest BCUT2D eigenvalue weighted by atomic mass is 9.87. The molecule has 0 fully saturated rings. The molecule has 3 aromatic rings. The van der Waals surface area contributed by atoms with Crippen LogP contribution in [0.15, 0.2) is 72.8 Å². The average molecular weight is 447 g/mol. The highest BCUT2D eigenvalue weighted by molar-refractivity contribution is 5.94. The molecule has 0 unspecified atom stereocenters. The van der Waals surface area contributed by atoms with Crippen LogP contribution >= 0.6 is 0 Å². The first-order valence-electron chi connectivity index (χ1n) is 11.0. The molecule has 0 radical (unpaired) electrons. The molecule has 172 valence electrons. The quantitative estimate of drug-likeness (QED) is 0.394. The van der Waals surface area contributed by atoms with Gasteiger partial charge in [-0.25, -0.2) is 0 Å². The molecule has 2 atom stereocenters. The number of amides is 1. The number of carboxylic acid groups (broad SMARTS) is 1. The van der Waals surface area contributed by atoms with Crippen molar-refractivity contribution in [2.24, 2.45) is 11.7 Å². The SMILES string of the molecule is CC(C)[C@@H](CNC(=O)c1ccc(C[C@@H](N)C(=O)O)cc1)c1ccc(-c2cccc(O)c2)cc1. The van der Waals surface area contributed by atoms with Crippen molar-refractivity contribution in [2.75, 3.05) is 6.54 Å². The van der Waals surface area contributed by atoms with Crippen molar-refractivity contribution in [1.82, 2.24) is 5.32 Å². The molecular weight excluding hydrogens is 416 g/mol. The van der Waals surface area contributed by atoms with Crippen molar-refractivity contribution in [3.05, 3.63) is 89.5 Å². The zero-order chi connectivity index (χ0) is 24.0. The summed E-state index contributed by atoms with van der Waals surface area (Å²) in [6, 6.07) is 21.2. The highest BCUT2D eigenvalue weighted by Gasteiger charge is 2.18. The lowest BCUT2D eigenvalue weighted by molar-refractivity contribution is -0.138. The number of aliphatic carboxylic acids is 1. The molecule has 0 heterocycles. The summed E-state index contributed by atoms with van der Waals surface area (Å²) in [6.45, 7) is 4.74. The minimum atomic E-state index is -1.05. The Morgan fingerprint density at radius 1 is 0.939 bits per heavy atom. The van der Waals surface area contributed by atoms with Crippen LogP contribution in [-0.2, 0) is 11.2 Å². The first-order valence-corrected chi connectivity index (χ1v) is 11.0. The van der Waals surface area contributed by atoms with E-state index >= 15 is 0 Å². The maximum Gasteiger partial charge on any atom is 0.320 e. The van der Waals surface area contributed by atoms with E-state index in [2.05, 4.69) is 31.3 Å². The standard InChI is InChI=1S/C27H30N2O4/c1-17(2)24(20-12-10-19(11-13-20)22-4-3-5-23(30)15-22)16-29-26(31)21-8-6-18(7-9-21)14-25(28)27(32)33/h3-13,15,17,24-25,30H,14,16,28H2,1-2H3,(H,29,31)(H,32,33)/t24-,25-/m1/s1. The van der Waals surface area contributed by atoms with Crippen LogP contribution in [0, 0.1) is 5.92 Å². The van der Waals surface area contributed by atoms with Crippen LogP contribution in [-0.4, -0.2) is 34.7 Å². The van der Waals surface area contributed by atoms with E-state index in [-0.39, 0.29) is 24.0 Å². The van der Waals surface area contributed by atoms with E-state index in [1.165, 1.54) is 0 Å². The van der Waals surface area contributed by atoms with Gasteiger partial charge in [0.05, 0.1) is 0 Å². The Morgan fingerprint density at radius 2 is 1.61 bits per heavy atom. The zero-order valence-corrected chi connectivity index (χ0v) is 18.9. The molecule has 0 saturated carbocycles. The molecule has 33 heavy (non-hydrogen) atoms. The van der Waals surface area contributed by atoms with Gasteiger partial charge in [-0.1, -0.05) is 62.4 Å². The van der Waals surface area contributed by atoms with Crippen LogP contribution in [0.4, 0.5) is 0 Å². The molecule has 0 aromatic heterocycles. The van der Waals surface area contributed by atoms with Gasteiger partial charge in [0, 0.05) is 18.0 Å². The third-order valence-corrected chi connectivity index (χ3v) is 5.79. The number of phenols is 1. The summed E-state index contributed by atoms with van der Waals surface area (Å²) in [5.74, 6) is -0.536. The van der Waals surface area contributed by atoms with E-state index in [1.54, 1.807) is 36.4 Å². The molecule has 6 nitrogen and oxygen atoms in total. The number of hydrogen-bond donors (Lipinski definition) is 4. The number of carbonyl (C=O) groups excluding carboxylic acids is 1. The maximum atomic E-state index is 12.7. The molecule has 0 bridgehead atoms. The number of hydrogen-bond acceptors (Lipinski definition) is 4. The number of carboxylic acids is 1. The van der Waals surface area contributed by atoms with Crippen LogP contribution < -0.4 is 11.1 Å². The molecule has 0 aliphatic rings. The summed E-state index contributed by atoms with van der Waals surface area (Å²) in [4.78, 5) is 23.6. The number of aromatic hydroxyl groups is 1. The summed E-state index contributed by atoms with van der Waals surface area (Å²) in [7, 11) is 0. The molecule has 0 spiro atoms. The van der Waals surface area contributed by atoms with Crippen LogP contribution in [0.25, 0.3) is 11.1 Å². The number of carbonyl (C=O) groups is 2. The number of nitrogens with two attached hydrogens (primary N) is 1. The van der Waals surface area contributed by atoms with Gasteiger partial charge in [0.15, 0.2) is 0 Å². The molecule has 0 saturated heterocycles. The van der Waals surface area contributed by atoms with E-state index in [0.29, 0.717) is 18.0 Å². The number of rotatable bonds is 9. The molecule has 6 heteroatoms. The fraction of sp³-hybridized carbons (Fsp3) is 0.259. The third kappa shape index (κ3) is 6.43. The van der Waals surface area contributed by atoms with Crippen LogP contribution in [0.5, 0.6) is 5.75 Å². The fourth-order valence-corrected chi connectivity index (χ4v) is 3.78. The first kappa shape index (κ1) is 24.0. The van der Waals surface area contributed by atoms with Gasteiger partial charge in [-0.3, -0.25) is 9.59 Å². The van der Waals surface area contributed by atoms with Gasteiger partial charge in [0.25, 0.3) is 5.91 Å². The number of phenolic OH excluding ortho intramolecular Hbond substituents is 1. The third-order valence-electron chi connectivity index (χ3n) is 5.79. The highest BCUT2D eigenvalue weighted by atomic mass is 16.4. The van der Waals surface area contributed by atoms with Crippen molar-refractivity contribution >= 4 is 11.9 Å². The Kier molecular flexibility index (Phi) is 7.85. The molecule has 0 aliphatic heterocycles. The van der Waals surface area contributed by atoms with Gasteiger partial charge in [-0.2, -0.15) is 0 Å². The largest absolute Gasteiger partial charge is 0.508 e. The summed E-state index contributed by atoms with van der Waals surface area (Å²) >= 11 is 0. The van der Waals surface area contributed by atoms with E-state index in [1.807, 2.05) is 24.3 Å². The summed E-state index contributed by atoms with van der Waals surface area (Å²) < 4.78 is 0. The summed E-state index contributed by atoms with van der Waals surface area (Å²) in [5.41, 5.74) is 9.96. The molecule has 1 amide bonds. The van der Waals surface area contributed by atoms with E-state index < -0.39 is 12.0 Å². The fourth-order valence-electron chi connectivity index (χ4n) is 3.78. The monoisotopic (exact) mass is 446 g/mol. The lowest BCUT2D eigenvalue weighted by Crippen LogP contribution is -2.32. The second-order valence-electron chi connectivity index (χ2n) is 8.58. The Balaban J connectivity index is 1.64. The Labute approximate surface area is 194 Å². The Bertz CT molecular complexity index is 1090. The smallest absolute Gasteiger partial charge is 0.320 e.